The van der Waals surface area contributed by atoms with E-state index < -0.39 is 0 Å². The second kappa shape index (κ2) is 6.52. The number of aromatic nitrogens is 3. The Hall–Kier alpha value is -1.18. The molecule has 8 heteroatoms. The predicted molar refractivity (Wildman–Crippen MR) is 87.3 cm³/mol. The van der Waals surface area contributed by atoms with Gasteiger partial charge in [-0.15, -0.1) is 23.7 Å². The maximum atomic E-state index is 5.70. The summed E-state index contributed by atoms with van der Waals surface area (Å²) in [4.78, 5) is 12.4. The van der Waals surface area contributed by atoms with Gasteiger partial charge in [0.2, 0.25) is 5.89 Å². The summed E-state index contributed by atoms with van der Waals surface area (Å²) in [6.07, 6.45) is 6.59. The highest BCUT2D eigenvalue weighted by Gasteiger charge is 2.32. The van der Waals surface area contributed by atoms with E-state index in [0.29, 0.717) is 17.0 Å². The van der Waals surface area contributed by atoms with Gasteiger partial charge in [-0.1, -0.05) is 5.16 Å². The first kappa shape index (κ1) is 15.7. The van der Waals surface area contributed by atoms with Crippen molar-refractivity contribution in [1.82, 2.24) is 20.0 Å². The molecule has 120 valence electrons. The van der Waals surface area contributed by atoms with Crippen LogP contribution in [0.5, 0.6) is 0 Å². The summed E-state index contributed by atoms with van der Waals surface area (Å²) in [5.74, 6) is 2.66. The van der Waals surface area contributed by atoms with Crippen LogP contribution in [0.1, 0.15) is 54.1 Å². The van der Waals surface area contributed by atoms with Crippen molar-refractivity contribution in [3.8, 4) is 0 Å². The lowest BCUT2D eigenvalue weighted by molar-refractivity contribution is 0.196. The van der Waals surface area contributed by atoms with E-state index in [9.17, 15) is 0 Å². The molecule has 0 radical (unpaired) electrons. The molecule has 3 heterocycles. The highest BCUT2D eigenvalue weighted by Crippen LogP contribution is 2.39. The quantitative estimate of drug-likeness (QED) is 0.920. The van der Waals surface area contributed by atoms with Crippen LogP contribution in [-0.2, 0) is 6.54 Å². The molecule has 1 aliphatic heterocycles. The first-order chi connectivity index (χ1) is 10.3. The monoisotopic (exact) mass is 341 g/mol. The van der Waals surface area contributed by atoms with Gasteiger partial charge in [0.25, 0.3) is 0 Å². The number of hydrogen-bond donors (Lipinski definition) is 1. The lowest BCUT2D eigenvalue weighted by Gasteiger charge is -2.30. The fourth-order valence-electron chi connectivity index (χ4n) is 2.94. The zero-order valence-electron chi connectivity index (χ0n) is 12.3. The van der Waals surface area contributed by atoms with E-state index >= 15 is 0 Å². The fraction of sp³-hybridized carbons (Fsp3) is 0.643. The second-order valence-electron chi connectivity index (χ2n) is 6.00. The average molecular weight is 342 g/mol. The molecule has 22 heavy (non-hydrogen) atoms. The Morgan fingerprint density at radius 2 is 2.18 bits per heavy atom. The van der Waals surface area contributed by atoms with Crippen molar-refractivity contribution in [2.24, 2.45) is 0 Å². The molecular formula is C14H20ClN5OS. The van der Waals surface area contributed by atoms with Crippen LogP contribution in [0.3, 0.4) is 0 Å². The number of anilines is 1. The normalized spacial score (nSPS) is 22.5. The topological polar surface area (TPSA) is 81.1 Å². The molecule has 0 amide bonds. The van der Waals surface area contributed by atoms with Crippen molar-refractivity contribution in [3.63, 3.8) is 0 Å². The summed E-state index contributed by atoms with van der Waals surface area (Å²) in [6, 6.07) is 0. The zero-order chi connectivity index (χ0) is 14.2. The number of nitrogen functional groups attached to an aromatic ring is 1. The van der Waals surface area contributed by atoms with Crippen LogP contribution >= 0.6 is 23.7 Å². The van der Waals surface area contributed by atoms with Gasteiger partial charge >= 0.3 is 0 Å². The Morgan fingerprint density at radius 1 is 1.32 bits per heavy atom. The molecule has 4 rings (SSSR count). The number of hydrogen-bond acceptors (Lipinski definition) is 7. The van der Waals surface area contributed by atoms with Gasteiger partial charge in [0.15, 0.2) is 11.0 Å². The fourth-order valence-corrected chi connectivity index (χ4v) is 3.66. The largest absolute Gasteiger partial charge is 0.375 e. The van der Waals surface area contributed by atoms with Crippen LogP contribution in [0.25, 0.3) is 0 Å². The zero-order valence-corrected chi connectivity index (χ0v) is 13.9. The maximum Gasteiger partial charge on any atom is 0.229 e. The van der Waals surface area contributed by atoms with Crippen LogP contribution in [0.4, 0.5) is 5.13 Å². The molecule has 2 aromatic heterocycles. The summed E-state index contributed by atoms with van der Waals surface area (Å²) in [5.41, 5.74) is 5.70. The van der Waals surface area contributed by atoms with Crippen molar-refractivity contribution in [3.05, 3.63) is 22.8 Å². The summed E-state index contributed by atoms with van der Waals surface area (Å²) >= 11 is 1.57. The van der Waals surface area contributed by atoms with Gasteiger partial charge in [0.05, 0.1) is 0 Å². The third-order valence-corrected chi connectivity index (χ3v) is 5.02. The summed E-state index contributed by atoms with van der Waals surface area (Å²) in [6.45, 7) is 3.02. The highest BCUT2D eigenvalue weighted by atomic mass is 35.5. The van der Waals surface area contributed by atoms with Gasteiger partial charge in [-0.2, -0.15) is 4.98 Å². The van der Waals surface area contributed by atoms with E-state index in [1.165, 1.54) is 24.1 Å². The lowest BCUT2D eigenvalue weighted by atomic mass is 9.97. The van der Waals surface area contributed by atoms with Gasteiger partial charge in [-0.25, -0.2) is 4.98 Å². The van der Waals surface area contributed by atoms with E-state index in [2.05, 4.69) is 20.0 Å². The molecule has 2 fully saturated rings. The third kappa shape index (κ3) is 3.42. The number of piperidine rings is 1. The van der Waals surface area contributed by atoms with E-state index in [1.54, 1.807) is 11.3 Å². The van der Waals surface area contributed by atoms with Gasteiger partial charge in [0, 0.05) is 36.0 Å². The molecule has 1 saturated heterocycles. The third-order valence-electron chi connectivity index (χ3n) is 4.21. The average Bonchev–Trinajstić information content (AvgIpc) is 3.07. The SMILES string of the molecule is Cl.Nc1ncc(CN2CCCC(c3noc(C4CC4)n3)C2)s1. The Kier molecular flexibility index (Phi) is 4.65. The Morgan fingerprint density at radius 3 is 2.91 bits per heavy atom. The summed E-state index contributed by atoms with van der Waals surface area (Å²) in [5, 5.41) is 4.85. The van der Waals surface area contributed by atoms with E-state index in [4.69, 9.17) is 10.3 Å². The molecule has 2 aliphatic rings. The van der Waals surface area contributed by atoms with Crippen molar-refractivity contribution >= 4 is 28.9 Å². The van der Waals surface area contributed by atoms with Gasteiger partial charge in [0.1, 0.15) is 0 Å². The molecule has 1 aliphatic carbocycles. The van der Waals surface area contributed by atoms with Crippen molar-refractivity contribution in [1.29, 1.82) is 0 Å². The van der Waals surface area contributed by atoms with Crippen LogP contribution in [-0.4, -0.2) is 33.1 Å². The van der Waals surface area contributed by atoms with Gasteiger partial charge in [-0.05, 0) is 32.2 Å². The van der Waals surface area contributed by atoms with Crippen molar-refractivity contribution < 1.29 is 4.52 Å². The number of halogens is 1. The number of nitrogens with zero attached hydrogens (tertiary/aromatic N) is 4. The van der Waals surface area contributed by atoms with Crippen LogP contribution in [0, 0.1) is 0 Å². The van der Waals surface area contributed by atoms with Crippen molar-refractivity contribution in [2.75, 3.05) is 18.8 Å². The number of rotatable bonds is 4. The van der Waals surface area contributed by atoms with Crippen LogP contribution < -0.4 is 5.73 Å². The number of likely N-dealkylation sites (tertiary alicyclic amines) is 1. The molecule has 0 aromatic carbocycles. The smallest absolute Gasteiger partial charge is 0.229 e. The minimum atomic E-state index is 0. The number of nitrogens with two attached hydrogens (primary N) is 1. The maximum absolute atomic E-state index is 5.70. The first-order valence-corrected chi connectivity index (χ1v) is 8.35. The van der Waals surface area contributed by atoms with Crippen molar-refractivity contribution in [2.45, 2.75) is 44.1 Å². The highest BCUT2D eigenvalue weighted by molar-refractivity contribution is 7.15. The number of thiazole rings is 1. The molecule has 1 atom stereocenters. The molecule has 0 bridgehead atoms. The first-order valence-electron chi connectivity index (χ1n) is 7.54. The van der Waals surface area contributed by atoms with E-state index in [0.717, 1.165) is 37.8 Å². The lowest BCUT2D eigenvalue weighted by Crippen LogP contribution is -2.34. The summed E-state index contributed by atoms with van der Waals surface area (Å²) in [7, 11) is 0. The minimum Gasteiger partial charge on any atom is -0.375 e. The van der Waals surface area contributed by atoms with Crippen LogP contribution in [0.2, 0.25) is 0 Å². The molecule has 2 N–H and O–H groups in total. The Balaban J connectivity index is 0.00000144. The Labute approximate surface area is 139 Å². The van der Waals surface area contributed by atoms with Gasteiger partial charge in [-0.3, -0.25) is 4.90 Å². The predicted octanol–water partition coefficient (Wildman–Crippen LogP) is 2.79. The summed E-state index contributed by atoms with van der Waals surface area (Å²) < 4.78 is 5.39. The molecule has 1 saturated carbocycles. The molecular weight excluding hydrogens is 322 g/mol. The molecule has 0 spiro atoms. The molecule has 1 unspecified atom stereocenters. The standard InChI is InChI=1S/C14H19N5OS.ClH/c15-14-16-6-11(21-14)8-19-5-1-2-10(7-19)12-17-13(20-18-12)9-3-4-9;/h6,9-10H,1-5,7-8H2,(H2,15,16);1H. The second-order valence-corrected chi connectivity index (χ2v) is 7.15. The van der Waals surface area contributed by atoms with E-state index in [-0.39, 0.29) is 12.4 Å². The molecule has 6 nitrogen and oxygen atoms in total. The molecule has 2 aromatic rings. The van der Waals surface area contributed by atoms with E-state index in [1.807, 2.05) is 6.20 Å². The van der Waals surface area contributed by atoms with Crippen LogP contribution in [0.15, 0.2) is 10.7 Å². The Bertz CT molecular complexity index is 626. The minimum absolute atomic E-state index is 0. The van der Waals surface area contributed by atoms with Gasteiger partial charge < -0.3 is 10.3 Å².